The number of benzene rings is 1. The third kappa shape index (κ3) is 3.72. The van der Waals surface area contributed by atoms with Gasteiger partial charge in [-0.05, 0) is 69.4 Å². The van der Waals surface area contributed by atoms with Crippen LogP contribution in [-0.4, -0.2) is 24.8 Å². The van der Waals surface area contributed by atoms with E-state index in [2.05, 4.69) is 56.4 Å². The highest BCUT2D eigenvalue weighted by atomic mass is 16.5. The van der Waals surface area contributed by atoms with Crippen LogP contribution in [0.3, 0.4) is 0 Å². The summed E-state index contributed by atoms with van der Waals surface area (Å²) in [5.74, 6) is 0.878. The molecule has 0 radical (unpaired) electrons. The molecule has 2 heteroatoms. The van der Waals surface area contributed by atoms with E-state index >= 15 is 0 Å². The summed E-state index contributed by atoms with van der Waals surface area (Å²) in [4.78, 5) is 0. The lowest BCUT2D eigenvalue weighted by atomic mass is 9.75. The van der Waals surface area contributed by atoms with Crippen molar-refractivity contribution in [2.45, 2.75) is 69.9 Å². The van der Waals surface area contributed by atoms with E-state index in [4.69, 9.17) is 4.74 Å². The molecule has 2 nitrogen and oxygen atoms in total. The topological polar surface area (TPSA) is 21.3 Å². The predicted molar refractivity (Wildman–Crippen MR) is 92.2 cm³/mol. The van der Waals surface area contributed by atoms with Crippen LogP contribution < -0.4 is 5.32 Å². The van der Waals surface area contributed by atoms with E-state index < -0.39 is 0 Å². The average Bonchev–Trinajstić information content (AvgIpc) is 3.32. The van der Waals surface area contributed by atoms with Gasteiger partial charge in [-0.1, -0.05) is 37.3 Å². The van der Waals surface area contributed by atoms with Crippen molar-refractivity contribution in [1.82, 2.24) is 5.32 Å². The SMILES string of the molecule is CC1(C)C[C@@H](NCC[C@](C)(c2ccccc2)C2CC2)CCO1. The second-order valence-electron chi connectivity index (χ2n) is 8.06. The van der Waals surface area contributed by atoms with Crippen molar-refractivity contribution in [3.63, 3.8) is 0 Å². The molecule has 1 N–H and O–H groups in total. The summed E-state index contributed by atoms with van der Waals surface area (Å²) in [5, 5.41) is 3.81. The Morgan fingerprint density at radius 2 is 1.91 bits per heavy atom. The second-order valence-corrected chi connectivity index (χ2v) is 8.06. The summed E-state index contributed by atoms with van der Waals surface area (Å²) in [6.07, 6.45) is 6.30. The molecule has 1 aromatic carbocycles. The third-order valence-corrected chi connectivity index (χ3v) is 5.69. The quantitative estimate of drug-likeness (QED) is 0.846. The van der Waals surface area contributed by atoms with Gasteiger partial charge in [-0.15, -0.1) is 0 Å². The molecular formula is C20H31NO. The summed E-state index contributed by atoms with van der Waals surface area (Å²) in [7, 11) is 0. The lowest BCUT2D eigenvalue weighted by Crippen LogP contribution is -2.45. The molecule has 3 rings (SSSR count). The van der Waals surface area contributed by atoms with Gasteiger partial charge in [0.2, 0.25) is 0 Å². The minimum Gasteiger partial charge on any atom is -0.375 e. The Morgan fingerprint density at radius 3 is 2.55 bits per heavy atom. The molecular weight excluding hydrogens is 270 g/mol. The van der Waals surface area contributed by atoms with Crippen LogP contribution in [0.25, 0.3) is 0 Å². The number of nitrogens with one attached hydrogen (secondary N) is 1. The Hall–Kier alpha value is -0.860. The zero-order valence-corrected chi connectivity index (χ0v) is 14.4. The largest absolute Gasteiger partial charge is 0.375 e. The number of ether oxygens (including phenoxy) is 1. The summed E-state index contributed by atoms with van der Waals surface area (Å²) in [6, 6.07) is 11.7. The monoisotopic (exact) mass is 301 g/mol. The number of rotatable bonds is 6. The van der Waals surface area contributed by atoms with Gasteiger partial charge in [0.25, 0.3) is 0 Å². The summed E-state index contributed by atoms with van der Waals surface area (Å²) in [6.45, 7) is 8.89. The van der Waals surface area contributed by atoms with E-state index in [9.17, 15) is 0 Å². The highest BCUT2D eigenvalue weighted by Gasteiger charge is 2.42. The molecule has 0 bridgehead atoms. The lowest BCUT2D eigenvalue weighted by molar-refractivity contribution is -0.0629. The summed E-state index contributed by atoms with van der Waals surface area (Å²) >= 11 is 0. The second kappa shape index (κ2) is 6.33. The molecule has 1 aromatic rings. The maximum absolute atomic E-state index is 5.82. The van der Waals surface area contributed by atoms with Crippen molar-refractivity contribution in [1.29, 1.82) is 0 Å². The smallest absolute Gasteiger partial charge is 0.0641 e. The molecule has 1 saturated carbocycles. The van der Waals surface area contributed by atoms with E-state index in [0.717, 1.165) is 31.9 Å². The molecule has 2 fully saturated rings. The van der Waals surface area contributed by atoms with Crippen molar-refractivity contribution >= 4 is 0 Å². The first-order valence-electron chi connectivity index (χ1n) is 8.92. The minimum absolute atomic E-state index is 0.0368. The van der Waals surface area contributed by atoms with E-state index in [-0.39, 0.29) is 5.60 Å². The Bertz CT molecular complexity index is 480. The van der Waals surface area contributed by atoms with Gasteiger partial charge in [-0.2, -0.15) is 0 Å². The van der Waals surface area contributed by atoms with Crippen LogP contribution in [0.5, 0.6) is 0 Å². The fourth-order valence-corrected chi connectivity index (χ4v) is 4.07. The number of hydrogen-bond donors (Lipinski definition) is 1. The van der Waals surface area contributed by atoms with Crippen molar-refractivity contribution in [2.24, 2.45) is 5.92 Å². The molecule has 0 spiro atoms. The van der Waals surface area contributed by atoms with Gasteiger partial charge in [-0.3, -0.25) is 0 Å². The molecule has 1 aliphatic heterocycles. The van der Waals surface area contributed by atoms with Gasteiger partial charge in [-0.25, -0.2) is 0 Å². The summed E-state index contributed by atoms with van der Waals surface area (Å²) in [5.41, 5.74) is 1.90. The van der Waals surface area contributed by atoms with Crippen molar-refractivity contribution in [2.75, 3.05) is 13.2 Å². The minimum atomic E-state index is 0.0368. The molecule has 2 aliphatic rings. The van der Waals surface area contributed by atoms with E-state index in [1.165, 1.54) is 24.8 Å². The lowest BCUT2D eigenvalue weighted by Gasteiger charge is -2.37. The first kappa shape index (κ1) is 16.0. The van der Waals surface area contributed by atoms with Crippen LogP contribution >= 0.6 is 0 Å². The van der Waals surface area contributed by atoms with Gasteiger partial charge in [0.1, 0.15) is 0 Å². The van der Waals surface area contributed by atoms with Crippen LogP contribution in [0.4, 0.5) is 0 Å². The van der Waals surface area contributed by atoms with Crippen LogP contribution in [0, 0.1) is 5.92 Å². The first-order valence-corrected chi connectivity index (χ1v) is 8.92. The Kier molecular flexibility index (Phi) is 4.61. The highest BCUT2D eigenvalue weighted by Crippen LogP contribution is 2.49. The number of hydrogen-bond acceptors (Lipinski definition) is 2. The van der Waals surface area contributed by atoms with E-state index in [1.54, 1.807) is 0 Å². The van der Waals surface area contributed by atoms with Crippen molar-refractivity contribution < 1.29 is 4.74 Å². The molecule has 22 heavy (non-hydrogen) atoms. The fraction of sp³-hybridized carbons (Fsp3) is 0.700. The molecule has 2 atom stereocenters. The Labute approximate surface area is 135 Å². The maximum Gasteiger partial charge on any atom is 0.0641 e. The fourth-order valence-electron chi connectivity index (χ4n) is 4.07. The molecule has 0 unspecified atom stereocenters. The van der Waals surface area contributed by atoms with Crippen LogP contribution in [0.2, 0.25) is 0 Å². The molecule has 122 valence electrons. The van der Waals surface area contributed by atoms with Gasteiger partial charge < -0.3 is 10.1 Å². The van der Waals surface area contributed by atoms with Crippen molar-refractivity contribution in [3.05, 3.63) is 35.9 Å². The van der Waals surface area contributed by atoms with Crippen LogP contribution in [0.15, 0.2) is 30.3 Å². The highest BCUT2D eigenvalue weighted by molar-refractivity contribution is 5.27. The normalized spacial score (nSPS) is 27.3. The average molecular weight is 301 g/mol. The van der Waals surface area contributed by atoms with E-state index in [0.29, 0.717) is 11.5 Å². The molecule has 1 aliphatic carbocycles. The molecule has 0 aromatic heterocycles. The zero-order chi connectivity index (χ0) is 15.6. The van der Waals surface area contributed by atoms with E-state index in [1.807, 2.05) is 0 Å². The Balaban J connectivity index is 1.57. The van der Waals surface area contributed by atoms with Gasteiger partial charge >= 0.3 is 0 Å². The van der Waals surface area contributed by atoms with Crippen molar-refractivity contribution in [3.8, 4) is 0 Å². The van der Waals surface area contributed by atoms with Crippen LogP contribution in [0.1, 0.15) is 58.4 Å². The summed E-state index contributed by atoms with van der Waals surface area (Å²) < 4.78 is 5.82. The Morgan fingerprint density at radius 1 is 1.18 bits per heavy atom. The third-order valence-electron chi connectivity index (χ3n) is 5.69. The molecule has 1 heterocycles. The zero-order valence-electron chi connectivity index (χ0n) is 14.4. The van der Waals surface area contributed by atoms with Gasteiger partial charge in [0.15, 0.2) is 0 Å². The van der Waals surface area contributed by atoms with Gasteiger partial charge in [0, 0.05) is 12.6 Å². The predicted octanol–water partition coefficient (Wildman–Crippen LogP) is 4.29. The van der Waals surface area contributed by atoms with Crippen LogP contribution in [-0.2, 0) is 10.2 Å². The van der Waals surface area contributed by atoms with Gasteiger partial charge in [0.05, 0.1) is 5.60 Å². The first-order chi connectivity index (χ1) is 10.5. The molecule has 0 amide bonds. The molecule has 1 saturated heterocycles. The maximum atomic E-state index is 5.82. The standard InChI is InChI=1S/C20H31NO/c1-19(2)15-18(11-14-22-19)21-13-12-20(3,17-9-10-17)16-7-5-4-6-8-16/h4-8,17-18,21H,9-15H2,1-3H3/t18-,20+/m0/s1.